The van der Waals surface area contributed by atoms with Crippen LogP contribution >= 0.6 is 0 Å². The van der Waals surface area contributed by atoms with E-state index in [1.165, 1.54) is 5.69 Å². The van der Waals surface area contributed by atoms with Crippen molar-refractivity contribution >= 4 is 11.5 Å². The van der Waals surface area contributed by atoms with Gasteiger partial charge in [-0.1, -0.05) is 0 Å². The Balaban J connectivity index is 1.72. The molecule has 4 heterocycles. The number of nitrogens with zero attached hydrogens (tertiary/aromatic N) is 4. The molecule has 6 nitrogen and oxygen atoms in total. The lowest BCUT2D eigenvalue weighted by atomic mass is 10.1. The molecule has 2 aromatic rings. The predicted molar refractivity (Wildman–Crippen MR) is 93.5 cm³/mol. The Hall–Kier alpha value is -2.18. The molecule has 0 saturated carbocycles. The number of morpholine rings is 2. The van der Waals surface area contributed by atoms with Crippen molar-refractivity contribution in [1.82, 2.24) is 9.97 Å². The standard InChI is InChI=1S/C18H22N4O2/c1-2-15(14-19-3-1)17-12-16(21-4-8-23-9-5-21)13-18(20-17)22-6-10-24-11-7-22/h1-3,12-14H,4-11H2. The molecule has 0 aromatic carbocycles. The number of ether oxygens (including phenoxy) is 2. The third-order valence-corrected chi connectivity index (χ3v) is 4.47. The first-order chi connectivity index (χ1) is 11.9. The highest BCUT2D eigenvalue weighted by Crippen LogP contribution is 2.28. The minimum absolute atomic E-state index is 0.756. The third kappa shape index (κ3) is 3.34. The zero-order chi connectivity index (χ0) is 16.2. The Kier molecular flexibility index (Phi) is 4.57. The molecule has 0 aliphatic carbocycles. The Bertz CT molecular complexity index is 632. The molecule has 6 heteroatoms. The summed E-state index contributed by atoms with van der Waals surface area (Å²) in [5.74, 6) is 1.01. The summed E-state index contributed by atoms with van der Waals surface area (Å²) in [4.78, 5) is 13.8. The largest absolute Gasteiger partial charge is 0.378 e. The van der Waals surface area contributed by atoms with Crippen LogP contribution in [0.2, 0.25) is 0 Å². The highest BCUT2D eigenvalue weighted by Gasteiger charge is 2.18. The summed E-state index contributed by atoms with van der Waals surface area (Å²) in [6.45, 7) is 6.66. The van der Waals surface area contributed by atoms with Crippen LogP contribution in [-0.2, 0) is 9.47 Å². The van der Waals surface area contributed by atoms with Gasteiger partial charge in [0.15, 0.2) is 0 Å². The summed E-state index contributed by atoms with van der Waals surface area (Å²) in [5.41, 5.74) is 3.21. The van der Waals surface area contributed by atoms with Gasteiger partial charge in [-0.25, -0.2) is 4.98 Å². The zero-order valence-electron chi connectivity index (χ0n) is 13.7. The molecule has 24 heavy (non-hydrogen) atoms. The second kappa shape index (κ2) is 7.15. The van der Waals surface area contributed by atoms with Crippen LogP contribution in [0.1, 0.15) is 0 Å². The number of aromatic nitrogens is 2. The van der Waals surface area contributed by atoms with E-state index in [2.05, 4.69) is 33.0 Å². The first kappa shape index (κ1) is 15.4. The summed E-state index contributed by atoms with van der Waals surface area (Å²) >= 11 is 0. The quantitative estimate of drug-likeness (QED) is 0.857. The van der Waals surface area contributed by atoms with Gasteiger partial charge in [-0.3, -0.25) is 4.98 Å². The van der Waals surface area contributed by atoms with E-state index in [0.717, 1.165) is 69.7 Å². The van der Waals surface area contributed by atoms with Crippen molar-refractivity contribution in [3.05, 3.63) is 36.7 Å². The van der Waals surface area contributed by atoms with Crippen LogP contribution in [-0.4, -0.2) is 62.6 Å². The van der Waals surface area contributed by atoms with Gasteiger partial charge in [-0.2, -0.15) is 0 Å². The van der Waals surface area contributed by atoms with Crippen LogP contribution in [0.4, 0.5) is 11.5 Å². The molecule has 0 atom stereocenters. The van der Waals surface area contributed by atoms with E-state index in [0.29, 0.717) is 0 Å². The average Bonchev–Trinajstić information content (AvgIpc) is 2.70. The van der Waals surface area contributed by atoms with Crippen molar-refractivity contribution in [3.63, 3.8) is 0 Å². The lowest BCUT2D eigenvalue weighted by molar-refractivity contribution is 0.122. The van der Waals surface area contributed by atoms with Gasteiger partial charge < -0.3 is 19.3 Å². The number of rotatable bonds is 3. The van der Waals surface area contributed by atoms with Gasteiger partial charge in [0.1, 0.15) is 5.82 Å². The summed E-state index contributed by atoms with van der Waals surface area (Å²) < 4.78 is 11.0. The number of hydrogen-bond acceptors (Lipinski definition) is 6. The lowest BCUT2D eigenvalue weighted by Gasteiger charge is -2.32. The summed E-state index contributed by atoms with van der Waals surface area (Å²) in [7, 11) is 0. The lowest BCUT2D eigenvalue weighted by Crippen LogP contribution is -2.38. The summed E-state index contributed by atoms with van der Waals surface area (Å²) in [6, 6.07) is 8.36. The van der Waals surface area contributed by atoms with Crippen molar-refractivity contribution in [2.24, 2.45) is 0 Å². The molecule has 0 radical (unpaired) electrons. The Morgan fingerprint density at radius 3 is 2.25 bits per heavy atom. The molecular formula is C18H22N4O2. The Labute approximate surface area is 142 Å². The van der Waals surface area contributed by atoms with Gasteiger partial charge in [-0.05, 0) is 18.2 Å². The SMILES string of the molecule is c1cncc(-c2cc(N3CCOCC3)cc(N3CCOCC3)n2)c1. The molecule has 2 saturated heterocycles. The van der Waals surface area contributed by atoms with Gasteiger partial charge >= 0.3 is 0 Å². The first-order valence-electron chi connectivity index (χ1n) is 8.48. The molecule has 2 aliphatic rings. The maximum absolute atomic E-state index is 5.49. The van der Waals surface area contributed by atoms with Crippen LogP contribution < -0.4 is 9.80 Å². The molecule has 2 aliphatic heterocycles. The zero-order valence-corrected chi connectivity index (χ0v) is 13.7. The van der Waals surface area contributed by atoms with Crippen molar-refractivity contribution in [1.29, 1.82) is 0 Å². The molecule has 0 bridgehead atoms. The maximum atomic E-state index is 5.49. The monoisotopic (exact) mass is 326 g/mol. The van der Waals surface area contributed by atoms with Crippen molar-refractivity contribution < 1.29 is 9.47 Å². The fourth-order valence-corrected chi connectivity index (χ4v) is 3.12. The smallest absolute Gasteiger partial charge is 0.131 e. The van der Waals surface area contributed by atoms with E-state index in [9.17, 15) is 0 Å². The van der Waals surface area contributed by atoms with Crippen molar-refractivity contribution in [2.75, 3.05) is 62.4 Å². The summed E-state index contributed by atoms with van der Waals surface area (Å²) in [5, 5.41) is 0. The van der Waals surface area contributed by atoms with Crippen LogP contribution in [0.5, 0.6) is 0 Å². The molecule has 0 unspecified atom stereocenters. The van der Waals surface area contributed by atoms with Crippen LogP contribution in [0.3, 0.4) is 0 Å². The van der Waals surface area contributed by atoms with Gasteiger partial charge in [-0.15, -0.1) is 0 Å². The number of anilines is 2. The topological polar surface area (TPSA) is 50.7 Å². The van der Waals surface area contributed by atoms with E-state index in [1.807, 2.05) is 12.3 Å². The van der Waals surface area contributed by atoms with Crippen molar-refractivity contribution in [3.8, 4) is 11.3 Å². The Morgan fingerprint density at radius 2 is 1.58 bits per heavy atom. The van der Waals surface area contributed by atoms with Gasteiger partial charge in [0.05, 0.1) is 32.1 Å². The second-order valence-corrected chi connectivity index (χ2v) is 6.01. The van der Waals surface area contributed by atoms with Crippen LogP contribution in [0, 0.1) is 0 Å². The molecule has 2 fully saturated rings. The molecule has 0 N–H and O–H groups in total. The fraction of sp³-hybridized carbons (Fsp3) is 0.444. The number of hydrogen-bond donors (Lipinski definition) is 0. The predicted octanol–water partition coefficient (Wildman–Crippen LogP) is 1.82. The van der Waals surface area contributed by atoms with Gasteiger partial charge in [0, 0.05) is 55.9 Å². The normalized spacial score (nSPS) is 18.7. The minimum atomic E-state index is 0.756. The van der Waals surface area contributed by atoms with E-state index in [-0.39, 0.29) is 0 Å². The van der Waals surface area contributed by atoms with E-state index in [1.54, 1.807) is 6.20 Å². The highest BCUT2D eigenvalue weighted by molar-refractivity contribution is 5.68. The van der Waals surface area contributed by atoms with E-state index < -0.39 is 0 Å². The van der Waals surface area contributed by atoms with Gasteiger partial charge in [0.25, 0.3) is 0 Å². The average molecular weight is 326 g/mol. The molecule has 2 aromatic heterocycles. The van der Waals surface area contributed by atoms with Crippen LogP contribution in [0.15, 0.2) is 36.7 Å². The fourth-order valence-electron chi connectivity index (χ4n) is 3.12. The maximum Gasteiger partial charge on any atom is 0.131 e. The molecular weight excluding hydrogens is 304 g/mol. The van der Waals surface area contributed by atoms with Crippen molar-refractivity contribution in [2.45, 2.75) is 0 Å². The van der Waals surface area contributed by atoms with Crippen LogP contribution in [0.25, 0.3) is 11.3 Å². The number of pyridine rings is 2. The van der Waals surface area contributed by atoms with E-state index in [4.69, 9.17) is 14.5 Å². The molecule has 0 amide bonds. The minimum Gasteiger partial charge on any atom is -0.378 e. The Morgan fingerprint density at radius 1 is 0.875 bits per heavy atom. The summed E-state index contributed by atoms with van der Waals surface area (Å²) in [6.07, 6.45) is 3.66. The molecule has 126 valence electrons. The molecule has 4 rings (SSSR count). The second-order valence-electron chi connectivity index (χ2n) is 6.01. The molecule has 0 spiro atoms. The third-order valence-electron chi connectivity index (χ3n) is 4.47. The highest BCUT2D eigenvalue weighted by atomic mass is 16.5. The van der Waals surface area contributed by atoms with E-state index >= 15 is 0 Å². The van der Waals surface area contributed by atoms with Gasteiger partial charge in [0.2, 0.25) is 0 Å². The first-order valence-corrected chi connectivity index (χ1v) is 8.48.